The van der Waals surface area contributed by atoms with Crippen LogP contribution in [0.3, 0.4) is 0 Å². The molecule has 0 N–H and O–H groups in total. The van der Waals surface area contributed by atoms with Crippen molar-refractivity contribution < 1.29 is 13.2 Å². The highest BCUT2D eigenvalue weighted by atomic mass is 32.2. The summed E-state index contributed by atoms with van der Waals surface area (Å²) in [5.41, 5.74) is 1.07. The summed E-state index contributed by atoms with van der Waals surface area (Å²) in [6.45, 7) is 5.97. The standard InChI is InChI=1S/C15H24N4O3S/c1-15(2)11-18(9-13(15)12-7-16-17(3)8-12)14(20)10-19-5-4-6-23(19,21)22/h7-8,13H,4-6,9-11H2,1-3H3. The van der Waals surface area contributed by atoms with Crippen molar-refractivity contribution in [1.29, 1.82) is 0 Å². The lowest BCUT2D eigenvalue weighted by molar-refractivity contribution is -0.130. The maximum Gasteiger partial charge on any atom is 0.237 e. The van der Waals surface area contributed by atoms with Crippen LogP contribution in [0.15, 0.2) is 12.4 Å². The Balaban J connectivity index is 1.71. The quantitative estimate of drug-likeness (QED) is 0.798. The molecule has 2 saturated heterocycles. The Morgan fingerprint density at radius 2 is 2.17 bits per heavy atom. The average molecular weight is 340 g/mol. The number of nitrogens with zero attached hydrogens (tertiary/aromatic N) is 4. The van der Waals surface area contributed by atoms with Crippen molar-refractivity contribution in [3.8, 4) is 0 Å². The van der Waals surface area contributed by atoms with Gasteiger partial charge < -0.3 is 4.90 Å². The third-order valence-electron chi connectivity index (χ3n) is 4.94. The largest absolute Gasteiger partial charge is 0.340 e. The van der Waals surface area contributed by atoms with Gasteiger partial charge in [-0.25, -0.2) is 8.42 Å². The van der Waals surface area contributed by atoms with Crippen molar-refractivity contribution in [1.82, 2.24) is 19.0 Å². The molecule has 1 atom stereocenters. The number of aromatic nitrogens is 2. The molecule has 1 aromatic heterocycles. The second-order valence-corrected chi connectivity index (χ2v) is 9.35. The van der Waals surface area contributed by atoms with Crippen molar-refractivity contribution in [3.63, 3.8) is 0 Å². The molecule has 0 radical (unpaired) electrons. The number of carbonyl (C=O) groups excluding carboxylic acids is 1. The molecule has 0 bridgehead atoms. The number of aryl methyl sites for hydroxylation is 1. The zero-order valence-electron chi connectivity index (χ0n) is 13.9. The predicted octanol–water partition coefficient (Wildman–Crippen LogP) is 0.408. The Labute approximate surface area is 137 Å². The van der Waals surface area contributed by atoms with Gasteiger partial charge in [0.05, 0.1) is 18.5 Å². The van der Waals surface area contributed by atoms with E-state index in [1.54, 1.807) is 9.58 Å². The maximum atomic E-state index is 12.6. The molecule has 3 heterocycles. The molecule has 0 saturated carbocycles. The molecular weight excluding hydrogens is 316 g/mol. The summed E-state index contributed by atoms with van der Waals surface area (Å²) in [6, 6.07) is 0. The molecule has 0 aliphatic carbocycles. The number of amides is 1. The number of likely N-dealkylation sites (tertiary alicyclic amines) is 1. The zero-order valence-corrected chi connectivity index (χ0v) is 14.7. The summed E-state index contributed by atoms with van der Waals surface area (Å²) in [5, 5.41) is 4.22. The second-order valence-electron chi connectivity index (χ2n) is 7.27. The molecule has 128 valence electrons. The first-order valence-electron chi connectivity index (χ1n) is 7.93. The summed E-state index contributed by atoms with van der Waals surface area (Å²) >= 11 is 0. The number of hydrogen-bond acceptors (Lipinski definition) is 4. The van der Waals surface area contributed by atoms with Gasteiger partial charge in [0.25, 0.3) is 0 Å². The first-order valence-corrected chi connectivity index (χ1v) is 9.54. The molecule has 2 fully saturated rings. The third kappa shape index (κ3) is 3.14. The van der Waals surface area contributed by atoms with Gasteiger partial charge in [-0.05, 0) is 17.4 Å². The lowest BCUT2D eigenvalue weighted by Gasteiger charge is -2.24. The van der Waals surface area contributed by atoms with Crippen LogP contribution in [0.25, 0.3) is 0 Å². The number of sulfonamides is 1. The molecule has 1 amide bonds. The fraction of sp³-hybridized carbons (Fsp3) is 0.733. The van der Waals surface area contributed by atoms with Gasteiger partial charge in [-0.1, -0.05) is 13.8 Å². The van der Waals surface area contributed by atoms with Crippen LogP contribution in [0.5, 0.6) is 0 Å². The highest BCUT2D eigenvalue weighted by molar-refractivity contribution is 7.89. The Kier molecular flexibility index (Phi) is 4.00. The van der Waals surface area contributed by atoms with E-state index in [-0.39, 0.29) is 29.5 Å². The van der Waals surface area contributed by atoms with Crippen LogP contribution >= 0.6 is 0 Å². The number of hydrogen-bond donors (Lipinski definition) is 0. The summed E-state index contributed by atoms with van der Waals surface area (Å²) in [4.78, 5) is 14.4. The molecule has 8 heteroatoms. The predicted molar refractivity (Wildman–Crippen MR) is 86.3 cm³/mol. The fourth-order valence-electron chi connectivity index (χ4n) is 3.62. The summed E-state index contributed by atoms with van der Waals surface area (Å²) in [7, 11) is -1.35. The van der Waals surface area contributed by atoms with Crippen molar-refractivity contribution in [2.75, 3.05) is 31.9 Å². The molecule has 3 rings (SSSR count). The Morgan fingerprint density at radius 3 is 2.74 bits per heavy atom. The van der Waals surface area contributed by atoms with Gasteiger partial charge >= 0.3 is 0 Å². The van der Waals surface area contributed by atoms with E-state index < -0.39 is 10.0 Å². The van der Waals surface area contributed by atoms with Crippen molar-refractivity contribution in [3.05, 3.63) is 18.0 Å². The minimum Gasteiger partial charge on any atom is -0.340 e. The molecule has 0 aromatic carbocycles. The van der Waals surface area contributed by atoms with E-state index in [0.29, 0.717) is 26.1 Å². The summed E-state index contributed by atoms with van der Waals surface area (Å²) < 4.78 is 26.8. The minimum atomic E-state index is -3.23. The summed E-state index contributed by atoms with van der Waals surface area (Å²) in [5.74, 6) is 0.273. The van der Waals surface area contributed by atoms with Gasteiger partial charge in [-0.2, -0.15) is 9.40 Å². The number of rotatable bonds is 3. The molecule has 1 unspecified atom stereocenters. The Bertz CT molecular complexity index is 710. The molecule has 2 aliphatic rings. The SMILES string of the molecule is Cn1cc(C2CN(C(=O)CN3CCCS3(=O)=O)CC2(C)C)cn1. The lowest BCUT2D eigenvalue weighted by Crippen LogP contribution is -2.40. The maximum absolute atomic E-state index is 12.6. The van der Waals surface area contributed by atoms with E-state index in [1.165, 1.54) is 4.31 Å². The van der Waals surface area contributed by atoms with Crippen LogP contribution in [-0.4, -0.2) is 65.2 Å². The number of carbonyl (C=O) groups is 1. The van der Waals surface area contributed by atoms with Crippen LogP contribution in [0.1, 0.15) is 31.7 Å². The van der Waals surface area contributed by atoms with Gasteiger partial charge in [-0.3, -0.25) is 9.48 Å². The minimum absolute atomic E-state index is 0.0296. The summed E-state index contributed by atoms with van der Waals surface area (Å²) in [6.07, 6.45) is 4.45. The third-order valence-corrected chi connectivity index (χ3v) is 6.84. The normalized spacial score (nSPS) is 26.7. The van der Waals surface area contributed by atoms with Gasteiger partial charge in [0.2, 0.25) is 15.9 Å². The monoisotopic (exact) mass is 340 g/mol. The van der Waals surface area contributed by atoms with Crippen LogP contribution < -0.4 is 0 Å². The molecule has 23 heavy (non-hydrogen) atoms. The molecule has 2 aliphatic heterocycles. The van der Waals surface area contributed by atoms with Gasteiger partial charge in [0, 0.05) is 38.8 Å². The van der Waals surface area contributed by atoms with Gasteiger partial charge in [0.1, 0.15) is 0 Å². The molecule has 1 aromatic rings. The lowest BCUT2D eigenvalue weighted by atomic mass is 9.79. The first-order chi connectivity index (χ1) is 10.7. The molecule has 7 nitrogen and oxygen atoms in total. The van der Waals surface area contributed by atoms with Crippen LogP contribution in [0.2, 0.25) is 0 Å². The van der Waals surface area contributed by atoms with E-state index in [2.05, 4.69) is 18.9 Å². The van der Waals surface area contributed by atoms with Gasteiger partial charge in [-0.15, -0.1) is 0 Å². The highest BCUT2D eigenvalue weighted by Gasteiger charge is 2.43. The Morgan fingerprint density at radius 1 is 1.43 bits per heavy atom. The van der Waals surface area contributed by atoms with Crippen molar-refractivity contribution in [2.24, 2.45) is 12.5 Å². The van der Waals surface area contributed by atoms with Crippen LogP contribution in [-0.2, 0) is 21.9 Å². The molecule has 0 spiro atoms. The smallest absolute Gasteiger partial charge is 0.237 e. The van der Waals surface area contributed by atoms with Crippen LogP contribution in [0.4, 0.5) is 0 Å². The zero-order chi connectivity index (χ0) is 16.8. The van der Waals surface area contributed by atoms with Gasteiger partial charge in [0.15, 0.2) is 0 Å². The molecular formula is C15H24N4O3S. The van der Waals surface area contributed by atoms with E-state index >= 15 is 0 Å². The van der Waals surface area contributed by atoms with Crippen LogP contribution in [0, 0.1) is 5.41 Å². The average Bonchev–Trinajstić information content (AvgIpc) is 3.08. The Hall–Kier alpha value is -1.41. The van der Waals surface area contributed by atoms with E-state index in [0.717, 1.165) is 5.56 Å². The highest BCUT2D eigenvalue weighted by Crippen LogP contribution is 2.42. The van der Waals surface area contributed by atoms with E-state index in [9.17, 15) is 13.2 Å². The topological polar surface area (TPSA) is 75.5 Å². The second kappa shape index (κ2) is 5.59. The first kappa shape index (κ1) is 16.4. The van der Waals surface area contributed by atoms with Crippen molar-refractivity contribution in [2.45, 2.75) is 26.2 Å². The fourth-order valence-corrected chi connectivity index (χ4v) is 5.09. The van der Waals surface area contributed by atoms with E-state index in [1.807, 2.05) is 19.4 Å². The van der Waals surface area contributed by atoms with E-state index in [4.69, 9.17) is 0 Å². The van der Waals surface area contributed by atoms with Crippen molar-refractivity contribution >= 4 is 15.9 Å².